The fourth-order valence-electron chi connectivity index (χ4n) is 1.72. The van der Waals surface area contributed by atoms with Crippen molar-refractivity contribution < 1.29 is 27.1 Å². The van der Waals surface area contributed by atoms with Gasteiger partial charge in [-0.3, -0.25) is 4.79 Å². The maximum atomic E-state index is 13.0. The molecule has 122 valence electrons. The minimum absolute atomic E-state index is 0.132. The number of pyridine rings is 1. The van der Waals surface area contributed by atoms with Crippen LogP contribution in [0, 0.1) is 12.7 Å². The second-order valence-electron chi connectivity index (χ2n) is 4.70. The second kappa shape index (κ2) is 6.64. The van der Waals surface area contributed by atoms with E-state index in [4.69, 9.17) is 0 Å². The van der Waals surface area contributed by atoms with E-state index in [9.17, 15) is 22.4 Å². The summed E-state index contributed by atoms with van der Waals surface area (Å²) in [4.78, 5) is 15.7. The molecule has 0 radical (unpaired) electrons. The highest BCUT2D eigenvalue weighted by molar-refractivity contribution is 6.04. The number of hydrogen-bond donors (Lipinski definition) is 1. The van der Waals surface area contributed by atoms with Crippen molar-refractivity contribution in [1.29, 1.82) is 0 Å². The minimum atomic E-state index is -4.46. The Kier molecular flexibility index (Phi) is 4.83. The lowest BCUT2D eigenvalue weighted by molar-refractivity contribution is -0.154. The van der Waals surface area contributed by atoms with Crippen LogP contribution in [-0.4, -0.2) is 23.7 Å². The first kappa shape index (κ1) is 16.7. The van der Waals surface area contributed by atoms with Crippen molar-refractivity contribution in [2.24, 2.45) is 0 Å². The molecule has 1 aromatic carbocycles. The van der Waals surface area contributed by atoms with Gasteiger partial charge in [0.15, 0.2) is 6.61 Å². The van der Waals surface area contributed by atoms with Crippen molar-refractivity contribution in [2.45, 2.75) is 13.1 Å². The quantitative estimate of drug-likeness (QED) is 0.870. The molecule has 0 atom stereocenters. The average Bonchev–Trinajstić information content (AvgIpc) is 2.48. The molecule has 0 spiro atoms. The Morgan fingerprint density at radius 1 is 1.26 bits per heavy atom. The third-order valence-electron chi connectivity index (χ3n) is 2.82. The highest BCUT2D eigenvalue weighted by Crippen LogP contribution is 2.19. The van der Waals surface area contributed by atoms with Gasteiger partial charge in [0.05, 0.1) is 5.56 Å². The molecule has 0 saturated heterocycles. The molecule has 1 amide bonds. The lowest BCUT2D eigenvalue weighted by Crippen LogP contribution is -2.19. The summed E-state index contributed by atoms with van der Waals surface area (Å²) in [5.74, 6) is -1.18. The number of amides is 1. The van der Waals surface area contributed by atoms with E-state index in [1.807, 2.05) is 0 Å². The molecule has 0 unspecified atom stereocenters. The Morgan fingerprint density at radius 2 is 2.00 bits per heavy atom. The highest BCUT2D eigenvalue weighted by atomic mass is 19.4. The third kappa shape index (κ3) is 4.94. The van der Waals surface area contributed by atoms with E-state index in [-0.39, 0.29) is 11.4 Å². The van der Waals surface area contributed by atoms with Crippen LogP contribution in [0.15, 0.2) is 36.5 Å². The Labute approximate surface area is 129 Å². The zero-order chi connectivity index (χ0) is 17.0. The zero-order valence-electron chi connectivity index (χ0n) is 11.9. The van der Waals surface area contributed by atoms with Gasteiger partial charge in [-0.25, -0.2) is 9.37 Å². The highest BCUT2D eigenvalue weighted by Gasteiger charge is 2.28. The molecule has 4 nitrogen and oxygen atoms in total. The number of carbonyl (C=O) groups is 1. The third-order valence-corrected chi connectivity index (χ3v) is 2.82. The first-order valence-electron chi connectivity index (χ1n) is 6.48. The minimum Gasteiger partial charge on any atom is -0.468 e. The molecule has 0 aliphatic heterocycles. The molecule has 0 saturated carbocycles. The Balaban J connectivity index is 2.02. The number of nitrogens with zero attached hydrogens (tertiary/aromatic N) is 1. The van der Waals surface area contributed by atoms with Crippen LogP contribution >= 0.6 is 0 Å². The molecule has 23 heavy (non-hydrogen) atoms. The SMILES string of the molecule is Cc1cc(F)ccc1NC(=O)c1ccc(OCC(F)(F)F)nc1. The lowest BCUT2D eigenvalue weighted by Gasteiger charge is -2.10. The van der Waals surface area contributed by atoms with Crippen molar-refractivity contribution >= 4 is 11.6 Å². The van der Waals surface area contributed by atoms with Gasteiger partial charge in [-0.2, -0.15) is 13.2 Å². The predicted octanol–water partition coefficient (Wildman–Crippen LogP) is 3.72. The van der Waals surface area contributed by atoms with E-state index >= 15 is 0 Å². The number of hydrogen-bond acceptors (Lipinski definition) is 3. The van der Waals surface area contributed by atoms with E-state index in [2.05, 4.69) is 15.0 Å². The number of rotatable bonds is 4. The largest absolute Gasteiger partial charge is 0.468 e. The molecule has 8 heteroatoms. The molecule has 0 bridgehead atoms. The van der Waals surface area contributed by atoms with Gasteiger partial charge in [-0.1, -0.05) is 0 Å². The van der Waals surface area contributed by atoms with E-state index in [1.165, 1.54) is 24.3 Å². The smallest absolute Gasteiger partial charge is 0.422 e. The van der Waals surface area contributed by atoms with E-state index in [0.29, 0.717) is 11.3 Å². The normalized spacial score (nSPS) is 11.2. The Hall–Kier alpha value is -2.64. The van der Waals surface area contributed by atoms with Crippen LogP contribution in [0.1, 0.15) is 15.9 Å². The number of aryl methyl sites for hydroxylation is 1. The summed E-state index contributed by atoms with van der Waals surface area (Å²) in [5.41, 5.74) is 1.10. The summed E-state index contributed by atoms with van der Waals surface area (Å²) in [7, 11) is 0. The number of halogens is 4. The number of alkyl halides is 3. The van der Waals surface area contributed by atoms with Gasteiger partial charge < -0.3 is 10.1 Å². The van der Waals surface area contributed by atoms with Gasteiger partial charge in [0, 0.05) is 18.0 Å². The van der Waals surface area contributed by atoms with Crippen LogP contribution < -0.4 is 10.1 Å². The number of carbonyl (C=O) groups excluding carboxylic acids is 1. The monoisotopic (exact) mass is 328 g/mol. The molecular weight excluding hydrogens is 316 g/mol. The van der Waals surface area contributed by atoms with Gasteiger partial charge in [0.2, 0.25) is 5.88 Å². The molecule has 0 aliphatic rings. The Bertz CT molecular complexity index is 700. The van der Waals surface area contributed by atoms with Crippen LogP contribution in [0.4, 0.5) is 23.2 Å². The summed E-state index contributed by atoms with van der Waals surface area (Å²) >= 11 is 0. The fourth-order valence-corrected chi connectivity index (χ4v) is 1.72. The second-order valence-corrected chi connectivity index (χ2v) is 4.70. The first-order chi connectivity index (χ1) is 10.7. The van der Waals surface area contributed by atoms with Gasteiger partial charge in [0.1, 0.15) is 5.82 Å². The van der Waals surface area contributed by atoms with Crippen molar-refractivity contribution in [3.63, 3.8) is 0 Å². The summed E-state index contributed by atoms with van der Waals surface area (Å²) in [5, 5.41) is 2.56. The summed E-state index contributed by atoms with van der Waals surface area (Å²) in [6.45, 7) is 0.172. The van der Waals surface area contributed by atoms with E-state index < -0.39 is 24.5 Å². The van der Waals surface area contributed by atoms with Crippen LogP contribution in [0.5, 0.6) is 5.88 Å². The number of ether oxygens (including phenoxy) is 1. The topological polar surface area (TPSA) is 51.2 Å². The summed E-state index contributed by atoms with van der Waals surface area (Å²) in [6, 6.07) is 6.33. The molecule has 0 fully saturated rings. The van der Waals surface area contributed by atoms with Crippen molar-refractivity contribution in [3.05, 3.63) is 53.5 Å². The molecule has 0 aliphatic carbocycles. The van der Waals surface area contributed by atoms with Crippen LogP contribution in [0.3, 0.4) is 0 Å². The molecule has 1 aromatic heterocycles. The standard InChI is InChI=1S/C15H12F4N2O2/c1-9-6-11(16)3-4-12(9)21-14(22)10-2-5-13(20-7-10)23-8-15(17,18)19/h2-7H,8H2,1H3,(H,21,22). The van der Waals surface area contributed by atoms with Gasteiger partial charge >= 0.3 is 6.18 Å². The maximum absolute atomic E-state index is 13.0. The number of anilines is 1. The van der Waals surface area contributed by atoms with Crippen LogP contribution in [-0.2, 0) is 0 Å². The van der Waals surface area contributed by atoms with E-state index in [0.717, 1.165) is 12.3 Å². The van der Waals surface area contributed by atoms with Gasteiger partial charge in [-0.05, 0) is 36.8 Å². The molecule has 2 rings (SSSR count). The fraction of sp³-hybridized carbons (Fsp3) is 0.200. The molecular formula is C15H12F4N2O2. The van der Waals surface area contributed by atoms with E-state index in [1.54, 1.807) is 6.92 Å². The summed E-state index contributed by atoms with van der Waals surface area (Å²) in [6.07, 6.45) is -3.36. The van der Waals surface area contributed by atoms with Gasteiger partial charge in [0.25, 0.3) is 5.91 Å². The molecule has 2 aromatic rings. The van der Waals surface area contributed by atoms with Crippen molar-refractivity contribution in [3.8, 4) is 5.88 Å². The number of nitrogens with one attached hydrogen (secondary N) is 1. The van der Waals surface area contributed by atoms with Crippen LogP contribution in [0.25, 0.3) is 0 Å². The number of aromatic nitrogens is 1. The predicted molar refractivity (Wildman–Crippen MR) is 74.9 cm³/mol. The van der Waals surface area contributed by atoms with Crippen molar-refractivity contribution in [2.75, 3.05) is 11.9 Å². The molecule has 1 heterocycles. The van der Waals surface area contributed by atoms with Crippen molar-refractivity contribution in [1.82, 2.24) is 4.98 Å². The zero-order valence-corrected chi connectivity index (χ0v) is 11.9. The lowest BCUT2D eigenvalue weighted by atomic mass is 10.2. The Morgan fingerprint density at radius 3 is 2.57 bits per heavy atom. The van der Waals surface area contributed by atoms with Gasteiger partial charge in [-0.15, -0.1) is 0 Å². The maximum Gasteiger partial charge on any atom is 0.422 e. The average molecular weight is 328 g/mol. The number of benzene rings is 1. The first-order valence-corrected chi connectivity index (χ1v) is 6.48. The molecule has 1 N–H and O–H groups in total. The van der Waals surface area contributed by atoms with Crippen LogP contribution in [0.2, 0.25) is 0 Å². The summed E-state index contributed by atoms with van der Waals surface area (Å²) < 4.78 is 53.5.